The quantitative estimate of drug-likeness (QED) is 0.821. The largest absolute Gasteiger partial charge is 0.493 e. The fourth-order valence-electron chi connectivity index (χ4n) is 1.03. The Morgan fingerprint density at radius 2 is 1.53 bits per heavy atom. The molecule has 112 valence electrons. The summed E-state index contributed by atoms with van der Waals surface area (Å²) in [5, 5.41) is 9.18. The number of para-hydroxylation sites is 1. The lowest BCUT2D eigenvalue weighted by atomic mass is 9.90. The van der Waals surface area contributed by atoms with E-state index in [9.17, 15) is 5.11 Å². The second-order valence-electron chi connectivity index (χ2n) is 4.63. The molecule has 2 heteroatoms. The van der Waals surface area contributed by atoms with Gasteiger partial charge in [0.05, 0.1) is 13.2 Å². The Kier molecular flexibility index (Phi) is 14.3. The molecule has 1 N–H and O–H groups in total. The van der Waals surface area contributed by atoms with Crippen LogP contribution in [0.4, 0.5) is 0 Å². The van der Waals surface area contributed by atoms with Crippen molar-refractivity contribution in [2.45, 2.75) is 54.4 Å². The maximum absolute atomic E-state index is 9.18. The number of hydrogen-bond donors (Lipinski definition) is 1. The number of benzene rings is 1. The van der Waals surface area contributed by atoms with Crippen LogP contribution in [0.25, 0.3) is 0 Å². The van der Waals surface area contributed by atoms with Gasteiger partial charge in [0.25, 0.3) is 0 Å². The van der Waals surface area contributed by atoms with Crippen LogP contribution in [0.5, 0.6) is 5.75 Å². The summed E-state index contributed by atoms with van der Waals surface area (Å²) in [6.45, 7) is 13.1. The summed E-state index contributed by atoms with van der Waals surface area (Å²) in [5.74, 6) is 0.862. The molecule has 0 saturated heterocycles. The molecule has 1 rings (SSSR count). The highest BCUT2D eigenvalue weighted by molar-refractivity contribution is 5.20. The first kappa shape index (κ1) is 20.3. The van der Waals surface area contributed by atoms with Gasteiger partial charge in [0, 0.05) is 5.41 Å². The Morgan fingerprint density at radius 3 is 1.89 bits per heavy atom. The van der Waals surface area contributed by atoms with Crippen molar-refractivity contribution in [1.82, 2.24) is 0 Å². The van der Waals surface area contributed by atoms with Crippen LogP contribution in [0, 0.1) is 5.41 Å². The van der Waals surface area contributed by atoms with Gasteiger partial charge in [0.2, 0.25) is 0 Å². The summed E-state index contributed by atoms with van der Waals surface area (Å²) in [7, 11) is 0. The fraction of sp³-hybridized carbons (Fsp3) is 0.647. The average Bonchev–Trinajstić information content (AvgIpc) is 2.49. The molecule has 1 atom stereocenters. The van der Waals surface area contributed by atoms with Gasteiger partial charge in [-0.25, -0.2) is 0 Å². The standard InChI is InChI=1S/C12H18O2.C3H8.C2H6/c1-3-12(2,9-13)10-14-11-7-5-4-6-8-11;1-3-2;1-2/h4-8,13H,3,9-10H2,1-2H3;3H2,1-2H3;1-2H3. The molecule has 0 aromatic heterocycles. The van der Waals surface area contributed by atoms with Gasteiger partial charge in [-0.05, 0) is 18.6 Å². The third-order valence-electron chi connectivity index (χ3n) is 2.57. The third-order valence-corrected chi connectivity index (χ3v) is 2.57. The van der Waals surface area contributed by atoms with E-state index in [1.807, 2.05) is 51.1 Å². The second-order valence-corrected chi connectivity index (χ2v) is 4.63. The van der Waals surface area contributed by atoms with E-state index in [-0.39, 0.29) is 12.0 Å². The minimum atomic E-state index is -0.129. The normalized spacial score (nSPS) is 12.2. The maximum atomic E-state index is 9.18. The zero-order valence-corrected chi connectivity index (χ0v) is 13.6. The third kappa shape index (κ3) is 10.6. The minimum Gasteiger partial charge on any atom is -0.493 e. The minimum absolute atomic E-state index is 0.129. The van der Waals surface area contributed by atoms with E-state index in [1.165, 1.54) is 6.42 Å². The number of rotatable bonds is 5. The Labute approximate surface area is 119 Å². The lowest BCUT2D eigenvalue weighted by Crippen LogP contribution is -2.28. The van der Waals surface area contributed by atoms with Gasteiger partial charge in [0.15, 0.2) is 0 Å². The highest BCUT2D eigenvalue weighted by Crippen LogP contribution is 2.21. The van der Waals surface area contributed by atoms with Crippen molar-refractivity contribution >= 4 is 0 Å². The molecule has 0 fully saturated rings. The van der Waals surface area contributed by atoms with E-state index in [0.717, 1.165) is 12.2 Å². The number of aliphatic hydroxyl groups excluding tert-OH is 1. The maximum Gasteiger partial charge on any atom is 0.119 e. The fourth-order valence-corrected chi connectivity index (χ4v) is 1.03. The van der Waals surface area contributed by atoms with Crippen LogP contribution in [0.15, 0.2) is 30.3 Å². The van der Waals surface area contributed by atoms with E-state index in [1.54, 1.807) is 0 Å². The molecule has 1 unspecified atom stereocenters. The monoisotopic (exact) mass is 268 g/mol. The van der Waals surface area contributed by atoms with Gasteiger partial charge in [-0.2, -0.15) is 0 Å². The zero-order chi connectivity index (χ0) is 15.1. The lowest BCUT2D eigenvalue weighted by molar-refractivity contribution is 0.0784. The van der Waals surface area contributed by atoms with Crippen LogP contribution in [0.1, 0.15) is 54.4 Å². The van der Waals surface area contributed by atoms with Gasteiger partial charge >= 0.3 is 0 Å². The van der Waals surface area contributed by atoms with E-state index < -0.39 is 0 Å². The molecule has 0 aliphatic heterocycles. The average molecular weight is 268 g/mol. The first-order valence-corrected chi connectivity index (χ1v) is 7.40. The topological polar surface area (TPSA) is 29.5 Å². The molecule has 0 aliphatic carbocycles. The molecule has 0 saturated carbocycles. The van der Waals surface area contributed by atoms with Crippen molar-refractivity contribution < 1.29 is 9.84 Å². The van der Waals surface area contributed by atoms with Crippen LogP contribution >= 0.6 is 0 Å². The molecule has 0 radical (unpaired) electrons. The van der Waals surface area contributed by atoms with E-state index in [4.69, 9.17) is 4.74 Å². The van der Waals surface area contributed by atoms with Crippen molar-refractivity contribution in [3.05, 3.63) is 30.3 Å². The number of hydrogen-bond acceptors (Lipinski definition) is 2. The molecule has 2 nitrogen and oxygen atoms in total. The van der Waals surface area contributed by atoms with Crippen LogP contribution < -0.4 is 4.74 Å². The molecule has 0 bridgehead atoms. The lowest BCUT2D eigenvalue weighted by Gasteiger charge is -2.25. The molecule has 1 aromatic carbocycles. The molecular formula is C17H32O2. The Morgan fingerprint density at radius 1 is 1.05 bits per heavy atom. The SMILES string of the molecule is CC.CCC.CCC(C)(CO)COc1ccccc1. The summed E-state index contributed by atoms with van der Waals surface area (Å²) < 4.78 is 5.59. The Balaban J connectivity index is 0. The molecule has 19 heavy (non-hydrogen) atoms. The first-order valence-electron chi connectivity index (χ1n) is 7.40. The smallest absolute Gasteiger partial charge is 0.119 e. The van der Waals surface area contributed by atoms with Crippen molar-refractivity contribution in [1.29, 1.82) is 0 Å². The van der Waals surface area contributed by atoms with Crippen LogP contribution in [0.2, 0.25) is 0 Å². The predicted molar refractivity (Wildman–Crippen MR) is 84.7 cm³/mol. The first-order chi connectivity index (χ1) is 9.11. The summed E-state index contributed by atoms with van der Waals surface area (Å²) >= 11 is 0. The zero-order valence-electron chi connectivity index (χ0n) is 13.6. The van der Waals surface area contributed by atoms with Crippen molar-refractivity contribution in [3.63, 3.8) is 0 Å². The van der Waals surface area contributed by atoms with Gasteiger partial charge in [-0.3, -0.25) is 0 Å². The highest BCUT2D eigenvalue weighted by Gasteiger charge is 2.21. The van der Waals surface area contributed by atoms with Crippen LogP contribution in [0.3, 0.4) is 0 Å². The van der Waals surface area contributed by atoms with Crippen LogP contribution in [-0.4, -0.2) is 18.3 Å². The van der Waals surface area contributed by atoms with Gasteiger partial charge in [-0.1, -0.05) is 66.2 Å². The summed E-state index contributed by atoms with van der Waals surface area (Å²) in [6, 6.07) is 9.69. The number of aliphatic hydroxyl groups is 1. The van der Waals surface area contributed by atoms with Crippen LogP contribution in [-0.2, 0) is 0 Å². The second kappa shape index (κ2) is 13.4. The van der Waals surface area contributed by atoms with Gasteiger partial charge < -0.3 is 9.84 Å². The van der Waals surface area contributed by atoms with Gasteiger partial charge in [0.1, 0.15) is 5.75 Å². The molecular weight excluding hydrogens is 236 g/mol. The van der Waals surface area contributed by atoms with E-state index >= 15 is 0 Å². The summed E-state index contributed by atoms with van der Waals surface area (Å²) in [5.41, 5.74) is -0.129. The van der Waals surface area contributed by atoms with Gasteiger partial charge in [-0.15, -0.1) is 0 Å². The Hall–Kier alpha value is -1.02. The summed E-state index contributed by atoms with van der Waals surface area (Å²) in [6.07, 6.45) is 2.16. The molecule has 0 amide bonds. The summed E-state index contributed by atoms with van der Waals surface area (Å²) in [4.78, 5) is 0. The molecule has 0 heterocycles. The van der Waals surface area contributed by atoms with Crippen molar-refractivity contribution in [2.24, 2.45) is 5.41 Å². The van der Waals surface area contributed by atoms with Crippen molar-refractivity contribution in [3.8, 4) is 5.75 Å². The van der Waals surface area contributed by atoms with E-state index in [0.29, 0.717) is 6.61 Å². The molecule has 0 aliphatic rings. The molecule has 0 spiro atoms. The highest BCUT2D eigenvalue weighted by atomic mass is 16.5. The predicted octanol–water partition coefficient (Wildman–Crippen LogP) is 4.92. The number of ether oxygens (including phenoxy) is 1. The molecule has 1 aromatic rings. The van der Waals surface area contributed by atoms with Crippen molar-refractivity contribution in [2.75, 3.05) is 13.2 Å². The Bertz CT molecular complexity index is 266. The van der Waals surface area contributed by atoms with E-state index in [2.05, 4.69) is 20.8 Å².